The van der Waals surface area contributed by atoms with Crippen LogP contribution >= 0.6 is 0 Å². The number of non-ortho nitro benzene ring substituents is 1. The molecule has 1 aliphatic rings. The van der Waals surface area contributed by atoms with E-state index in [1.54, 1.807) is 18.2 Å². The van der Waals surface area contributed by atoms with Crippen LogP contribution in [0.1, 0.15) is 22.8 Å². The summed E-state index contributed by atoms with van der Waals surface area (Å²) in [5, 5.41) is 10.7. The monoisotopic (exact) mass is 404 g/mol. The molecule has 0 bridgehead atoms. The Labute approximate surface area is 163 Å². The lowest BCUT2D eigenvalue weighted by atomic mass is 10.1. The Morgan fingerprint density at radius 2 is 1.93 bits per heavy atom. The van der Waals surface area contributed by atoms with E-state index < -0.39 is 16.9 Å². The van der Waals surface area contributed by atoms with Crippen molar-refractivity contribution in [2.24, 2.45) is 0 Å². The van der Waals surface area contributed by atoms with E-state index in [2.05, 4.69) is 9.97 Å². The quantitative estimate of drug-likeness (QED) is 0.478. The number of benzene rings is 1. The lowest BCUT2D eigenvalue weighted by Crippen LogP contribution is -2.31. The van der Waals surface area contributed by atoms with E-state index in [4.69, 9.17) is 4.42 Å². The number of nitrogens with zero attached hydrogens (tertiary/aromatic N) is 4. The molecular formula is C19H15F3N4O3. The molecule has 0 atom stereocenters. The lowest BCUT2D eigenvalue weighted by molar-refractivity contribution is -0.384. The molecule has 4 rings (SSSR count). The second-order valence-electron chi connectivity index (χ2n) is 6.69. The van der Waals surface area contributed by atoms with E-state index in [-0.39, 0.29) is 5.69 Å². The Morgan fingerprint density at radius 1 is 1.17 bits per heavy atom. The molecule has 0 amide bonds. The number of fused-ring (bicyclic) bond motifs is 1. The summed E-state index contributed by atoms with van der Waals surface area (Å²) >= 11 is 0. The van der Waals surface area contributed by atoms with Crippen molar-refractivity contribution in [2.45, 2.75) is 25.7 Å². The van der Waals surface area contributed by atoms with Crippen molar-refractivity contribution in [1.29, 1.82) is 0 Å². The Morgan fingerprint density at radius 3 is 2.62 bits per heavy atom. The molecule has 150 valence electrons. The van der Waals surface area contributed by atoms with Gasteiger partial charge in [0.1, 0.15) is 11.5 Å². The zero-order valence-electron chi connectivity index (χ0n) is 15.0. The van der Waals surface area contributed by atoms with E-state index in [0.717, 1.165) is 5.56 Å². The molecule has 0 saturated heterocycles. The molecule has 1 aromatic carbocycles. The Bertz CT molecular complexity index is 1050. The smallest absolute Gasteiger partial charge is 0.451 e. The zero-order valence-corrected chi connectivity index (χ0v) is 15.0. The van der Waals surface area contributed by atoms with Gasteiger partial charge in [0.2, 0.25) is 5.82 Å². The van der Waals surface area contributed by atoms with Crippen molar-refractivity contribution < 1.29 is 22.5 Å². The first kappa shape index (κ1) is 19.1. The zero-order chi connectivity index (χ0) is 20.6. The number of nitro groups is 1. The predicted octanol–water partition coefficient (Wildman–Crippen LogP) is 4.22. The van der Waals surface area contributed by atoms with Gasteiger partial charge in [-0.15, -0.1) is 0 Å². The molecule has 10 heteroatoms. The van der Waals surface area contributed by atoms with Crippen molar-refractivity contribution in [3.05, 3.63) is 75.6 Å². The van der Waals surface area contributed by atoms with E-state index in [9.17, 15) is 23.3 Å². The molecule has 0 radical (unpaired) electrons. The number of aromatic nitrogens is 2. The third-order valence-corrected chi connectivity index (χ3v) is 4.67. The molecule has 29 heavy (non-hydrogen) atoms. The van der Waals surface area contributed by atoms with Crippen LogP contribution in [-0.2, 0) is 25.7 Å². The van der Waals surface area contributed by atoms with Crippen LogP contribution in [0.25, 0.3) is 11.3 Å². The van der Waals surface area contributed by atoms with Gasteiger partial charge in [-0.2, -0.15) is 13.2 Å². The summed E-state index contributed by atoms with van der Waals surface area (Å²) in [6, 6.07) is 9.66. The summed E-state index contributed by atoms with van der Waals surface area (Å²) in [5.74, 6) is 0.170. The van der Waals surface area contributed by atoms with Crippen LogP contribution < -0.4 is 0 Å². The largest absolute Gasteiger partial charge is 0.460 e. The molecule has 0 spiro atoms. The van der Waals surface area contributed by atoms with E-state index in [1.165, 1.54) is 18.3 Å². The number of hydrogen-bond acceptors (Lipinski definition) is 6. The maximum Gasteiger partial charge on any atom is 0.451 e. The van der Waals surface area contributed by atoms with Crippen LogP contribution in [0.4, 0.5) is 18.9 Å². The maximum atomic E-state index is 12.7. The third kappa shape index (κ3) is 4.11. The fourth-order valence-corrected chi connectivity index (χ4v) is 3.23. The number of alkyl halides is 3. The highest BCUT2D eigenvalue weighted by molar-refractivity contribution is 5.59. The molecule has 0 unspecified atom stereocenters. The highest BCUT2D eigenvalue weighted by Crippen LogP contribution is 2.29. The van der Waals surface area contributed by atoms with Crippen molar-refractivity contribution in [3.63, 3.8) is 0 Å². The summed E-state index contributed by atoms with van der Waals surface area (Å²) < 4.78 is 44.1. The van der Waals surface area contributed by atoms with Gasteiger partial charge in [0.05, 0.1) is 17.2 Å². The molecular weight excluding hydrogens is 389 g/mol. The Balaban J connectivity index is 1.44. The SMILES string of the molecule is O=[N+]([O-])c1ccc(-c2ccc(CN3CCc4nc(C(F)(F)F)ncc4C3)o2)cc1. The van der Waals surface area contributed by atoms with Gasteiger partial charge in [-0.25, -0.2) is 9.97 Å². The van der Waals surface area contributed by atoms with Gasteiger partial charge in [0.25, 0.3) is 5.69 Å². The standard InChI is InChI=1S/C19H15F3N4O3/c20-19(21,22)18-23-9-13-10-25(8-7-16(13)24-18)11-15-5-6-17(29-15)12-1-3-14(4-2-12)26(27)28/h1-6,9H,7-8,10-11H2. The highest BCUT2D eigenvalue weighted by Gasteiger charge is 2.35. The molecule has 0 saturated carbocycles. The summed E-state index contributed by atoms with van der Waals surface area (Å²) in [7, 11) is 0. The summed E-state index contributed by atoms with van der Waals surface area (Å²) in [6.07, 6.45) is -2.91. The van der Waals surface area contributed by atoms with Crippen molar-refractivity contribution in [1.82, 2.24) is 14.9 Å². The van der Waals surface area contributed by atoms with Gasteiger partial charge in [0, 0.05) is 49.0 Å². The van der Waals surface area contributed by atoms with Crippen LogP contribution in [-0.4, -0.2) is 26.3 Å². The van der Waals surface area contributed by atoms with E-state index in [0.29, 0.717) is 48.8 Å². The van der Waals surface area contributed by atoms with Crippen LogP contribution in [0.2, 0.25) is 0 Å². The number of furan rings is 1. The summed E-state index contributed by atoms with van der Waals surface area (Å²) in [5.41, 5.74) is 1.82. The minimum absolute atomic E-state index is 0.00316. The topological polar surface area (TPSA) is 85.3 Å². The predicted molar refractivity (Wildman–Crippen MR) is 95.7 cm³/mol. The van der Waals surface area contributed by atoms with E-state index in [1.807, 2.05) is 11.0 Å². The summed E-state index contributed by atoms with van der Waals surface area (Å²) in [4.78, 5) is 19.4. The first-order valence-corrected chi connectivity index (χ1v) is 8.77. The van der Waals surface area contributed by atoms with Gasteiger partial charge in [-0.3, -0.25) is 15.0 Å². The van der Waals surface area contributed by atoms with Crippen LogP contribution in [0.3, 0.4) is 0 Å². The number of rotatable bonds is 4. The minimum Gasteiger partial charge on any atom is -0.460 e. The second-order valence-corrected chi connectivity index (χ2v) is 6.69. The molecule has 0 fully saturated rings. The fraction of sp³-hybridized carbons (Fsp3) is 0.263. The molecule has 0 N–H and O–H groups in total. The summed E-state index contributed by atoms with van der Waals surface area (Å²) in [6.45, 7) is 1.46. The molecule has 3 heterocycles. The van der Waals surface area contributed by atoms with E-state index >= 15 is 0 Å². The molecule has 1 aliphatic heterocycles. The average molecular weight is 404 g/mol. The van der Waals surface area contributed by atoms with Crippen LogP contribution in [0, 0.1) is 10.1 Å². The van der Waals surface area contributed by atoms with Crippen molar-refractivity contribution in [2.75, 3.05) is 6.54 Å². The van der Waals surface area contributed by atoms with Gasteiger partial charge in [-0.1, -0.05) is 0 Å². The van der Waals surface area contributed by atoms with Crippen molar-refractivity contribution in [3.8, 4) is 11.3 Å². The minimum atomic E-state index is -4.55. The molecule has 7 nitrogen and oxygen atoms in total. The van der Waals surface area contributed by atoms with Gasteiger partial charge < -0.3 is 4.42 Å². The van der Waals surface area contributed by atoms with Crippen LogP contribution in [0.5, 0.6) is 0 Å². The van der Waals surface area contributed by atoms with Gasteiger partial charge >= 0.3 is 6.18 Å². The molecule has 3 aromatic rings. The van der Waals surface area contributed by atoms with Crippen molar-refractivity contribution >= 4 is 5.69 Å². The Hall–Kier alpha value is -3.27. The van der Waals surface area contributed by atoms with Gasteiger partial charge in [0.15, 0.2) is 0 Å². The second kappa shape index (κ2) is 7.28. The van der Waals surface area contributed by atoms with Gasteiger partial charge in [-0.05, 0) is 24.3 Å². The number of halogens is 3. The first-order chi connectivity index (χ1) is 13.8. The maximum absolute atomic E-state index is 12.7. The first-order valence-electron chi connectivity index (χ1n) is 8.77. The molecule has 0 aliphatic carbocycles. The average Bonchev–Trinajstić information content (AvgIpc) is 3.15. The fourth-order valence-electron chi connectivity index (χ4n) is 3.23. The Kier molecular flexibility index (Phi) is 4.79. The third-order valence-electron chi connectivity index (χ3n) is 4.67. The number of hydrogen-bond donors (Lipinski definition) is 0. The highest BCUT2D eigenvalue weighted by atomic mass is 19.4. The number of nitro benzene ring substituents is 1. The lowest BCUT2D eigenvalue weighted by Gasteiger charge is -2.27. The van der Waals surface area contributed by atoms with Crippen LogP contribution in [0.15, 0.2) is 47.0 Å². The molecule has 2 aromatic heterocycles. The normalized spacial score (nSPS) is 14.6.